The van der Waals surface area contributed by atoms with Gasteiger partial charge < -0.3 is 15.2 Å². The van der Waals surface area contributed by atoms with Gasteiger partial charge in [-0.3, -0.25) is 9.59 Å². The Morgan fingerprint density at radius 2 is 2.05 bits per heavy atom. The number of carbonyl (C=O) groups is 2. The molecule has 0 bridgehead atoms. The highest BCUT2D eigenvalue weighted by molar-refractivity contribution is 6.03. The molecule has 1 aromatic rings. The standard InChI is InChI=1S/C14H15NO4/c16-12(14(13(17)18)6-3-7-14)15-10-8-19-11-5-2-1-4-9(10)11/h1-2,4-5,10H,3,6-8H2,(H,15,16)(H,17,18). The molecule has 1 heterocycles. The van der Waals surface area contributed by atoms with Crippen molar-refractivity contribution in [2.24, 2.45) is 5.41 Å². The molecule has 5 heteroatoms. The minimum atomic E-state index is -1.22. The van der Waals surface area contributed by atoms with Crippen molar-refractivity contribution in [3.8, 4) is 5.75 Å². The average molecular weight is 261 g/mol. The third kappa shape index (κ3) is 1.77. The Bertz CT molecular complexity index is 536. The number of benzene rings is 1. The number of fused-ring (bicyclic) bond motifs is 1. The predicted octanol–water partition coefficient (Wildman–Crippen LogP) is 1.49. The number of hydrogen-bond acceptors (Lipinski definition) is 3. The van der Waals surface area contributed by atoms with E-state index in [4.69, 9.17) is 4.74 Å². The molecule has 1 fully saturated rings. The van der Waals surface area contributed by atoms with E-state index in [1.807, 2.05) is 24.3 Å². The highest BCUT2D eigenvalue weighted by atomic mass is 16.5. The highest BCUT2D eigenvalue weighted by Gasteiger charge is 2.51. The highest BCUT2D eigenvalue weighted by Crippen LogP contribution is 2.42. The van der Waals surface area contributed by atoms with Crippen molar-refractivity contribution >= 4 is 11.9 Å². The molecule has 5 nitrogen and oxygen atoms in total. The van der Waals surface area contributed by atoms with Crippen LogP contribution in [0.15, 0.2) is 24.3 Å². The lowest BCUT2D eigenvalue weighted by Gasteiger charge is -2.36. The second-order valence-electron chi connectivity index (χ2n) is 5.12. The molecule has 1 aliphatic carbocycles. The van der Waals surface area contributed by atoms with Gasteiger partial charge in [0.15, 0.2) is 0 Å². The first-order valence-electron chi connectivity index (χ1n) is 6.39. The number of aliphatic carboxylic acids is 1. The Balaban J connectivity index is 1.76. The van der Waals surface area contributed by atoms with Crippen LogP contribution < -0.4 is 10.1 Å². The fourth-order valence-corrected chi connectivity index (χ4v) is 2.65. The Morgan fingerprint density at radius 1 is 1.32 bits per heavy atom. The van der Waals surface area contributed by atoms with Gasteiger partial charge in [-0.25, -0.2) is 0 Å². The van der Waals surface area contributed by atoms with Crippen LogP contribution in [-0.4, -0.2) is 23.6 Å². The SMILES string of the molecule is O=C(O)C1(C(=O)NC2COc3ccccc32)CCC1. The quantitative estimate of drug-likeness (QED) is 0.808. The normalized spacial score (nSPS) is 22.8. The van der Waals surface area contributed by atoms with Crippen molar-refractivity contribution in [1.82, 2.24) is 5.32 Å². The van der Waals surface area contributed by atoms with Crippen molar-refractivity contribution in [1.29, 1.82) is 0 Å². The van der Waals surface area contributed by atoms with Crippen LogP contribution in [0.4, 0.5) is 0 Å². The predicted molar refractivity (Wildman–Crippen MR) is 66.7 cm³/mol. The van der Waals surface area contributed by atoms with Gasteiger partial charge in [-0.15, -0.1) is 0 Å². The second-order valence-corrected chi connectivity index (χ2v) is 5.12. The first-order chi connectivity index (χ1) is 9.13. The summed E-state index contributed by atoms with van der Waals surface area (Å²) in [5.74, 6) is -0.661. The summed E-state index contributed by atoms with van der Waals surface area (Å²) in [4.78, 5) is 23.5. The topological polar surface area (TPSA) is 75.6 Å². The van der Waals surface area contributed by atoms with E-state index < -0.39 is 17.3 Å². The van der Waals surface area contributed by atoms with E-state index in [2.05, 4.69) is 5.32 Å². The molecule has 1 atom stereocenters. The average Bonchev–Trinajstić information content (AvgIpc) is 2.71. The largest absolute Gasteiger partial charge is 0.491 e. The zero-order valence-corrected chi connectivity index (χ0v) is 10.4. The number of carboxylic acid groups (broad SMARTS) is 1. The molecule has 0 aromatic heterocycles. The molecule has 3 rings (SSSR count). The van der Waals surface area contributed by atoms with Crippen LogP contribution in [0.1, 0.15) is 30.9 Å². The van der Waals surface area contributed by atoms with Crippen LogP contribution in [0.2, 0.25) is 0 Å². The number of ether oxygens (including phenoxy) is 1. The fraction of sp³-hybridized carbons (Fsp3) is 0.429. The molecule has 2 aliphatic rings. The number of amides is 1. The first-order valence-corrected chi connectivity index (χ1v) is 6.39. The van der Waals surface area contributed by atoms with Crippen molar-refractivity contribution in [3.63, 3.8) is 0 Å². The van der Waals surface area contributed by atoms with E-state index in [0.717, 1.165) is 17.7 Å². The van der Waals surface area contributed by atoms with E-state index in [9.17, 15) is 14.7 Å². The molecule has 0 spiro atoms. The number of carboxylic acids is 1. The van der Waals surface area contributed by atoms with E-state index in [1.54, 1.807) is 0 Å². The summed E-state index contributed by atoms with van der Waals surface area (Å²) in [5, 5.41) is 12.0. The Hall–Kier alpha value is -2.04. The van der Waals surface area contributed by atoms with Crippen LogP contribution in [0.25, 0.3) is 0 Å². The second kappa shape index (κ2) is 4.26. The summed E-state index contributed by atoms with van der Waals surface area (Å²) in [6.07, 6.45) is 1.63. The van der Waals surface area contributed by atoms with E-state index in [-0.39, 0.29) is 6.04 Å². The lowest BCUT2D eigenvalue weighted by atomic mass is 9.68. The number of para-hydroxylation sites is 1. The Morgan fingerprint density at radius 3 is 2.68 bits per heavy atom. The van der Waals surface area contributed by atoms with Gasteiger partial charge in [-0.1, -0.05) is 24.6 Å². The maximum atomic E-state index is 12.2. The molecule has 1 aliphatic heterocycles. The molecule has 1 amide bonds. The van der Waals surface area contributed by atoms with Crippen molar-refractivity contribution in [3.05, 3.63) is 29.8 Å². The number of rotatable bonds is 3. The van der Waals surface area contributed by atoms with Crippen LogP contribution in [0.3, 0.4) is 0 Å². The van der Waals surface area contributed by atoms with Crippen LogP contribution >= 0.6 is 0 Å². The third-order valence-corrected chi connectivity index (χ3v) is 4.06. The van der Waals surface area contributed by atoms with E-state index in [1.165, 1.54) is 0 Å². The third-order valence-electron chi connectivity index (χ3n) is 4.06. The van der Waals surface area contributed by atoms with Crippen LogP contribution in [0.5, 0.6) is 5.75 Å². The van der Waals surface area contributed by atoms with Crippen molar-refractivity contribution in [2.45, 2.75) is 25.3 Å². The van der Waals surface area contributed by atoms with Gasteiger partial charge >= 0.3 is 5.97 Å². The number of carbonyl (C=O) groups excluding carboxylic acids is 1. The summed E-state index contributed by atoms with van der Waals surface area (Å²) in [7, 11) is 0. The van der Waals surface area contributed by atoms with Crippen LogP contribution in [0, 0.1) is 5.41 Å². The Kier molecular flexibility index (Phi) is 2.69. The molecular weight excluding hydrogens is 246 g/mol. The smallest absolute Gasteiger partial charge is 0.319 e. The van der Waals surface area contributed by atoms with E-state index in [0.29, 0.717) is 19.4 Å². The summed E-state index contributed by atoms with van der Waals surface area (Å²) >= 11 is 0. The number of nitrogens with one attached hydrogen (secondary N) is 1. The van der Waals surface area contributed by atoms with Gasteiger partial charge in [0.05, 0.1) is 6.04 Å². The van der Waals surface area contributed by atoms with Gasteiger partial charge in [0.2, 0.25) is 5.91 Å². The minimum absolute atomic E-state index is 0.250. The molecule has 0 saturated heterocycles. The summed E-state index contributed by atoms with van der Waals surface area (Å²) in [6, 6.07) is 7.23. The molecule has 1 aromatic carbocycles. The van der Waals surface area contributed by atoms with Gasteiger partial charge in [0.25, 0.3) is 0 Å². The fourth-order valence-electron chi connectivity index (χ4n) is 2.65. The zero-order valence-electron chi connectivity index (χ0n) is 10.4. The number of hydrogen-bond donors (Lipinski definition) is 2. The summed E-state index contributed by atoms with van der Waals surface area (Å²) < 4.78 is 5.47. The monoisotopic (exact) mass is 261 g/mol. The molecule has 1 saturated carbocycles. The van der Waals surface area contributed by atoms with Gasteiger partial charge in [-0.05, 0) is 18.9 Å². The van der Waals surface area contributed by atoms with Crippen molar-refractivity contribution < 1.29 is 19.4 Å². The molecule has 0 radical (unpaired) electrons. The molecule has 100 valence electrons. The molecule has 1 unspecified atom stereocenters. The lowest BCUT2D eigenvalue weighted by Crippen LogP contribution is -2.52. The van der Waals surface area contributed by atoms with Gasteiger partial charge in [0.1, 0.15) is 17.8 Å². The lowest BCUT2D eigenvalue weighted by molar-refractivity contribution is -0.162. The van der Waals surface area contributed by atoms with E-state index >= 15 is 0 Å². The molecule has 19 heavy (non-hydrogen) atoms. The summed E-state index contributed by atoms with van der Waals surface area (Å²) in [6.45, 7) is 0.362. The molecular formula is C14H15NO4. The van der Waals surface area contributed by atoms with Gasteiger partial charge in [0, 0.05) is 5.56 Å². The minimum Gasteiger partial charge on any atom is -0.491 e. The Labute approximate surface area is 110 Å². The zero-order chi connectivity index (χ0) is 13.5. The van der Waals surface area contributed by atoms with Crippen LogP contribution in [-0.2, 0) is 9.59 Å². The molecule has 2 N–H and O–H groups in total. The maximum Gasteiger partial charge on any atom is 0.319 e. The first kappa shape index (κ1) is 12.0. The summed E-state index contributed by atoms with van der Waals surface area (Å²) in [5.41, 5.74) is -0.312. The van der Waals surface area contributed by atoms with Gasteiger partial charge in [-0.2, -0.15) is 0 Å². The van der Waals surface area contributed by atoms with Crippen molar-refractivity contribution in [2.75, 3.05) is 6.61 Å². The maximum absolute atomic E-state index is 12.2.